The number of hydrogen-bond donors (Lipinski definition) is 1. The van der Waals surface area contributed by atoms with Crippen molar-refractivity contribution >= 4 is 17.5 Å². The average molecular weight is 360 g/mol. The van der Waals surface area contributed by atoms with E-state index in [0.717, 1.165) is 11.1 Å². The lowest BCUT2D eigenvalue weighted by Crippen LogP contribution is -2.31. The maximum atomic E-state index is 12.1. The quantitative estimate of drug-likeness (QED) is 0.796. The number of benzene rings is 2. The van der Waals surface area contributed by atoms with Crippen molar-refractivity contribution in [2.24, 2.45) is 0 Å². The van der Waals surface area contributed by atoms with Crippen LogP contribution in [0, 0.1) is 6.92 Å². The molecule has 3 nitrogen and oxygen atoms in total. The molecule has 0 saturated carbocycles. The zero-order chi connectivity index (χ0) is 18.6. The van der Waals surface area contributed by atoms with E-state index in [-0.39, 0.29) is 24.0 Å². The summed E-state index contributed by atoms with van der Waals surface area (Å²) >= 11 is 5.98. The van der Waals surface area contributed by atoms with E-state index in [1.165, 1.54) is 5.56 Å². The third-order valence-electron chi connectivity index (χ3n) is 4.15. The van der Waals surface area contributed by atoms with E-state index in [1.807, 2.05) is 19.9 Å². The first-order chi connectivity index (χ1) is 11.7. The molecule has 0 unspecified atom stereocenters. The number of amides is 1. The van der Waals surface area contributed by atoms with Crippen molar-refractivity contribution in [3.8, 4) is 5.75 Å². The van der Waals surface area contributed by atoms with Gasteiger partial charge in [0.2, 0.25) is 0 Å². The van der Waals surface area contributed by atoms with E-state index in [2.05, 4.69) is 50.4 Å². The van der Waals surface area contributed by atoms with Gasteiger partial charge in [0.05, 0.1) is 6.04 Å². The molecule has 0 radical (unpaired) electrons. The molecule has 1 atom stereocenters. The molecule has 0 aromatic heterocycles. The minimum atomic E-state index is -0.153. The summed E-state index contributed by atoms with van der Waals surface area (Å²) < 4.78 is 5.53. The number of rotatable bonds is 5. The number of halogens is 1. The van der Waals surface area contributed by atoms with Crippen LogP contribution in [0.25, 0.3) is 0 Å². The molecule has 4 heteroatoms. The van der Waals surface area contributed by atoms with Gasteiger partial charge in [-0.1, -0.05) is 56.6 Å². The van der Waals surface area contributed by atoms with Crippen LogP contribution in [0.3, 0.4) is 0 Å². The minimum absolute atomic E-state index is 0.0223. The van der Waals surface area contributed by atoms with Crippen LogP contribution < -0.4 is 10.1 Å². The number of ether oxygens (including phenoxy) is 1. The Bertz CT molecular complexity index is 733. The van der Waals surface area contributed by atoms with Gasteiger partial charge in [-0.15, -0.1) is 0 Å². The normalized spacial score (nSPS) is 12.6. The van der Waals surface area contributed by atoms with Crippen molar-refractivity contribution in [3.05, 3.63) is 64.2 Å². The van der Waals surface area contributed by atoms with Gasteiger partial charge in [0.1, 0.15) is 5.75 Å². The Kier molecular flexibility index (Phi) is 6.12. The van der Waals surface area contributed by atoms with Crippen molar-refractivity contribution in [2.45, 2.75) is 46.1 Å². The number of carbonyl (C=O) groups is 1. The summed E-state index contributed by atoms with van der Waals surface area (Å²) in [5.41, 5.74) is 3.39. The Morgan fingerprint density at radius 1 is 1.16 bits per heavy atom. The fourth-order valence-electron chi connectivity index (χ4n) is 2.49. The van der Waals surface area contributed by atoms with Gasteiger partial charge in [0, 0.05) is 5.02 Å². The summed E-state index contributed by atoms with van der Waals surface area (Å²) in [5.74, 6) is 0.485. The van der Waals surface area contributed by atoms with Crippen LogP contribution in [0.2, 0.25) is 5.02 Å². The largest absolute Gasteiger partial charge is 0.484 e. The summed E-state index contributed by atoms with van der Waals surface area (Å²) in [6.45, 7) is 10.4. The van der Waals surface area contributed by atoms with Crippen LogP contribution in [0.5, 0.6) is 5.75 Å². The molecule has 0 bridgehead atoms. The Hall–Kier alpha value is -2.00. The second-order valence-corrected chi connectivity index (χ2v) is 7.77. The molecule has 134 valence electrons. The molecule has 0 aliphatic rings. The maximum absolute atomic E-state index is 12.1. The zero-order valence-corrected chi connectivity index (χ0v) is 16.3. The zero-order valence-electron chi connectivity index (χ0n) is 15.5. The molecule has 2 aromatic rings. The fraction of sp³-hybridized carbons (Fsp3) is 0.381. The van der Waals surface area contributed by atoms with Crippen LogP contribution >= 0.6 is 11.6 Å². The standard InChI is InChI=1S/C21H26ClNO2/c1-14-12-18(10-11-19(14)22)25-13-20(24)23-15(2)16-6-8-17(9-7-16)21(3,4)5/h6-12,15H,13H2,1-5H3,(H,23,24)/t15-/m0/s1. The monoisotopic (exact) mass is 359 g/mol. The summed E-state index contributed by atoms with van der Waals surface area (Å²) in [7, 11) is 0. The Labute approximate surface area is 155 Å². The molecular formula is C21H26ClNO2. The molecule has 0 aliphatic carbocycles. The van der Waals surface area contributed by atoms with Gasteiger partial charge in [-0.25, -0.2) is 0 Å². The number of aryl methyl sites for hydroxylation is 1. The van der Waals surface area contributed by atoms with Crippen LogP contribution in [0.4, 0.5) is 0 Å². The average Bonchev–Trinajstić information content (AvgIpc) is 2.55. The topological polar surface area (TPSA) is 38.3 Å². The van der Waals surface area contributed by atoms with Gasteiger partial charge in [0.25, 0.3) is 5.91 Å². The van der Waals surface area contributed by atoms with Gasteiger partial charge in [-0.2, -0.15) is 0 Å². The molecule has 2 rings (SSSR count). The van der Waals surface area contributed by atoms with E-state index in [4.69, 9.17) is 16.3 Å². The van der Waals surface area contributed by atoms with Gasteiger partial charge in [0.15, 0.2) is 6.61 Å². The number of nitrogens with one attached hydrogen (secondary N) is 1. The summed E-state index contributed by atoms with van der Waals surface area (Å²) in [6, 6.07) is 13.6. The fourth-order valence-corrected chi connectivity index (χ4v) is 2.61. The number of hydrogen-bond acceptors (Lipinski definition) is 2. The molecule has 0 heterocycles. The second-order valence-electron chi connectivity index (χ2n) is 7.36. The Balaban J connectivity index is 1.90. The van der Waals surface area contributed by atoms with Crippen LogP contribution in [0.1, 0.15) is 50.4 Å². The Morgan fingerprint density at radius 2 is 1.80 bits per heavy atom. The highest BCUT2D eigenvalue weighted by Gasteiger charge is 2.15. The third kappa shape index (κ3) is 5.50. The highest BCUT2D eigenvalue weighted by molar-refractivity contribution is 6.31. The first-order valence-electron chi connectivity index (χ1n) is 8.45. The molecule has 0 fully saturated rings. The number of carbonyl (C=O) groups excluding carboxylic acids is 1. The summed E-state index contributed by atoms with van der Waals surface area (Å²) in [4.78, 5) is 12.1. The van der Waals surface area contributed by atoms with Crippen molar-refractivity contribution in [1.82, 2.24) is 5.32 Å². The highest BCUT2D eigenvalue weighted by atomic mass is 35.5. The molecule has 1 amide bonds. The van der Waals surface area contributed by atoms with Crippen LogP contribution in [0.15, 0.2) is 42.5 Å². The van der Waals surface area contributed by atoms with Gasteiger partial charge >= 0.3 is 0 Å². The van der Waals surface area contributed by atoms with Crippen molar-refractivity contribution < 1.29 is 9.53 Å². The molecule has 0 spiro atoms. The van der Waals surface area contributed by atoms with E-state index < -0.39 is 0 Å². The van der Waals surface area contributed by atoms with Gasteiger partial charge in [-0.3, -0.25) is 4.79 Å². The lowest BCUT2D eigenvalue weighted by atomic mass is 9.86. The van der Waals surface area contributed by atoms with Crippen molar-refractivity contribution in [3.63, 3.8) is 0 Å². The first kappa shape index (κ1) is 19.3. The second kappa shape index (κ2) is 7.92. The van der Waals surface area contributed by atoms with E-state index in [1.54, 1.807) is 12.1 Å². The lowest BCUT2D eigenvalue weighted by molar-refractivity contribution is -0.123. The van der Waals surface area contributed by atoms with E-state index in [0.29, 0.717) is 10.8 Å². The van der Waals surface area contributed by atoms with Crippen LogP contribution in [-0.2, 0) is 10.2 Å². The summed E-state index contributed by atoms with van der Waals surface area (Å²) in [6.07, 6.45) is 0. The van der Waals surface area contributed by atoms with Gasteiger partial charge in [-0.05, 0) is 54.2 Å². The molecule has 25 heavy (non-hydrogen) atoms. The van der Waals surface area contributed by atoms with Crippen molar-refractivity contribution in [2.75, 3.05) is 6.61 Å². The highest BCUT2D eigenvalue weighted by Crippen LogP contribution is 2.24. The molecule has 0 aliphatic heterocycles. The SMILES string of the molecule is Cc1cc(OCC(=O)N[C@@H](C)c2ccc(C(C)(C)C)cc2)ccc1Cl. The first-order valence-corrected chi connectivity index (χ1v) is 8.83. The van der Waals surface area contributed by atoms with E-state index >= 15 is 0 Å². The molecule has 2 aromatic carbocycles. The molecular weight excluding hydrogens is 334 g/mol. The third-order valence-corrected chi connectivity index (χ3v) is 4.58. The molecule has 1 N–H and O–H groups in total. The van der Waals surface area contributed by atoms with Crippen molar-refractivity contribution in [1.29, 1.82) is 0 Å². The molecule has 0 saturated heterocycles. The van der Waals surface area contributed by atoms with E-state index in [9.17, 15) is 4.79 Å². The predicted molar refractivity (Wildman–Crippen MR) is 103 cm³/mol. The maximum Gasteiger partial charge on any atom is 0.258 e. The lowest BCUT2D eigenvalue weighted by Gasteiger charge is -2.20. The minimum Gasteiger partial charge on any atom is -0.484 e. The van der Waals surface area contributed by atoms with Gasteiger partial charge < -0.3 is 10.1 Å². The smallest absolute Gasteiger partial charge is 0.258 e. The predicted octanol–water partition coefficient (Wildman–Crippen LogP) is 5.20. The Morgan fingerprint density at radius 3 is 2.36 bits per heavy atom. The summed E-state index contributed by atoms with van der Waals surface area (Å²) in [5, 5.41) is 3.64. The van der Waals surface area contributed by atoms with Crippen LogP contribution in [-0.4, -0.2) is 12.5 Å².